The molecule has 94 valence electrons. The zero-order chi connectivity index (χ0) is 12.5. The molecule has 3 rings (SSSR count). The Balaban J connectivity index is 1.94. The van der Waals surface area contributed by atoms with Crippen molar-refractivity contribution in [2.24, 2.45) is 7.05 Å². The lowest BCUT2D eigenvalue weighted by Gasteiger charge is -2.11. The van der Waals surface area contributed by atoms with Gasteiger partial charge in [-0.3, -0.25) is 4.68 Å². The predicted octanol–water partition coefficient (Wildman–Crippen LogP) is 2.17. The molecule has 0 N–H and O–H groups in total. The molecule has 1 aromatic heterocycles. The van der Waals surface area contributed by atoms with E-state index in [1.807, 2.05) is 31.6 Å². The molecule has 2 aromatic rings. The third-order valence-electron chi connectivity index (χ3n) is 3.06. The first kappa shape index (κ1) is 11.3. The van der Waals surface area contributed by atoms with Gasteiger partial charge >= 0.3 is 0 Å². The molecule has 0 amide bonds. The third-order valence-corrected chi connectivity index (χ3v) is 3.06. The average molecular weight is 244 g/mol. The number of nitrogens with zero attached hydrogens (tertiary/aromatic N) is 2. The minimum absolute atomic E-state index is 0.271. The van der Waals surface area contributed by atoms with E-state index in [0.717, 1.165) is 23.5 Å². The Kier molecular flexibility index (Phi) is 2.80. The van der Waals surface area contributed by atoms with Crippen LogP contribution in [-0.2, 0) is 11.8 Å². The molecule has 0 spiro atoms. The van der Waals surface area contributed by atoms with Crippen molar-refractivity contribution in [1.82, 2.24) is 9.78 Å². The zero-order valence-corrected chi connectivity index (χ0v) is 10.6. The van der Waals surface area contributed by atoms with Gasteiger partial charge in [0, 0.05) is 24.4 Å². The molecule has 4 nitrogen and oxygen atoms in total. The van der Waals surface area contributed by atoms with Gasteiger partial charge < -0.3 is 9.47 Å². The van der Waals surface area contributed by atoms with Crippen LogP contribution in [0.2, 0.25) is 0 Å². The van der Waals surface area contributed by atoms with E-state index in [-0.39, 0.29) is 6.10 Å². The summed E-state index contributed by atoms with van der Waals surface area (Å²) in [6.07, 6.45) is 4.14. The van der Waals surface area contributed by atoms with Crippen LogP contribution >= 0.6 is 0 Å². The second-order valence-corrected chi connectivity index (χ2v) is 4.62. The lowest BCUT2D eigenvalue weighted by molar-refractivity contribution is 0.264. The van der Waals surface area contributed by atoms with Crippen LogP contribution < -0.4 is 4.74 Å². The first-order valence-electron chi connectivity index (χ1n) is 6.07. The molecular weight excluding hydrogens is 228 g/mol. The molecule has 1 aliphatic heterocycles. The monoisotopic (exact) mass is 244 g/mol. The van der Waals surface area contributed by atoms with Crippen molar-refractivity contribution >= 4 is 0 Å². The van der Waals surface area contributed by atoms with Crippen LogP contribution in [0.4, 0.5) is 0 Å². The number of ether oxygens (including phenoxy) is 2. The highest BCUT2D eigenvalue weighted by atomic mass is 16.6. The number of rotatable bonds is 4. The Hall–Kier alpha value is -1.81. The molecule has 0 aliphatic carbocycles. The molecule has 2 heterocycles. The minimum Gasteiger partial charge on any atom is -0.490 e. The Morgan fingerprint density at radius 2 is 2.33 bits per heavy atom. The van der Waals surface area contributed by atoms with E-state index >= 15 is 0 Å². The van der Waals surface area contributed by atoms with E-state index in [0.29, 0.717) is 6.61 Å². The van der Waals surface area contributed by atoms with E-state index in [2.05, 4.69) is 18.1 Å². The van der Waals surface area contributed by atoms with Crippen molar-refractivity contribution < 1.29 is 9.47 Å². The van der Waals surface area contributed by atoms with Gasteiger partial charge in [-0.2, -0.15) is 5.10 Å². The number of aryl methyl sites for hydroxylation is 2. The Bertz CT molecular complexity index is 559. The van der Waals surface area contributed by atoms with Crippen LogP contribution in [0.25, 0.3) is 11.1 Å². The summed E-state index contributed by atoms with van der Waals surface area (Å²) >= 11 is 0. The Morgan fingerprint density at radius 3 is 3.00 bits per heavy atom. The fourth-order valence-corrected chi connectivity index (χ4v) is 2.03. The Morgan fingerprint density at radius 1 is 1.50 bits per heavy atom. The van der Waals surface area contributed by atoms with Gasteiger partial charge in [-0.05, 0) is 18.6 Å². The molecule has 0 radical (unpaired) electrons. The molecular formula is C14H16N2O2. The Labute approximate surface area is 106 Å². The highest BCUT2D eigenvalue weighted by Gasteiger charge is 2.24. The summed E-state index contributed by atoms with van der Waals surface area (Å²) in [5.74, 6) is 0.901. The maximum absolute atomic E-state index is 5.84. The molecule has 4 heteroatoms. The maximum Gasteiger partial charge on any atom is 0.127 e. The van der Waals surface area contributed by atoms with Crippen molar-refractivity contribution in [3.63, 3.8) is 0 Å². The van der Waals surface area contributed by atoms with Crippen LogP contribution in [0.1, 0.15) is 5.56 Å². The summed E-state index contributed by atoms with van der Waals surface area (Å²) < 4.78 is 12.8. The normalized spacial score (nSPS) is 17.8. The smallest absolute Gasteiger partial charge is 0.127 e. The molecule has 1 fully saturated rings. The number of hydrogen-bond donors (Lipinski definition) is 0. The lowest BCUT2D eigenvalue weighted by Crippen LogP contribution is -2.05. The average Bonchev–Trinajstić information content (AvgIpc) is 3.09. The van der Waals surface area contributed by atoms with Crippen molar-refractivity contribution in [1.29, 1.82) is 0 Å². The van der Waals surface area contributed by atoms with E-state index < -0.39 is 0 Å². The van der Waals surface area contributed by atoms with Crippen LogP contribution in [-0.4, -0.2) is 29.1 Å². The molecule has 0 saturated carbocycles. The molecule has 0 bridgehead atoms. The van der Waals surface area contributed by atoms with E-state index in [9.17, 15) is 0 Å². The number of epoxide rings is 1. The fraction of sp³-hybridized carbons (Fsp3) is 0.357. The maximum atomic E-state index is 5.84. The number of hydrogen-bond acceptors (Lipinski definition) is 3. The van der Waals surface area contributed by atoms with Gasteiger partial charge in [-0.25, -0.2) is 0 Å². The fourth-order valence-electron chi connectivity index (χ4n) is 2.03. The molecule has 0 unspecified atom stereocenters. The van der Waals surface area contributed by atoms with Gasteiger partial charge in [0.2, 0.25) is 0 Å². The standard InChI is InChI=1S/C14H16N2O2/c1-10-4-3-5-13(18-9-12-8-17-12)14(10)11-6-15-16(2)7-11/h3-7,12H,8-9H2,1-2H3/t12-/m0/s1. The van der Waals surface area contributed by atoms with Crippen LogP contribution in [0.15, 0.2) is 30.6 Å². The topological polar surface area (TPSA) is 39.6 Å². The van der Waals surface area contributed by atoms with E-state index in [1.54, 1.807) is 4.68 Å². The first-order chi connectivity index (χ1) is 8.74. The zero-order valence-electron chi connectivity index (χ0n) is 10.6. The quantitative estimate of drug-likeness (QED) is 0.774. The van der Waals surface area contributed by atoms with Crippen molar-refractivity contribution in [3.8, 4) is 16.9 Å². The van der Waals surface area contributed by atoms with Crippen molar-refractivity contribution in [2.75, 3.05) is 13.2 Å². The van der Waals surface area contributed by atoms with Crippen molar-refractivity contribution in [2.45, 2.75) is 13.0 Å². The van der Waals surface area contributed by atoms with E-state index in [4.69, 9.17) is 9.47 Å². The summed E-state index contributed by atoms with van der Waals surface area (Å²) in [7, 11) is 1.92. The van der Waals surface area contributed by atoms with Crippen molar-refractivity contribution in [3.05, 3.63) is 36.2 Å². The van der Waals surface area contributed by atoms with Crippen LogP contribution in [0.3, 0.4) is 0 Å². The lowest BCUT2D eigenvalue weighted by atomic mass is 10.0. The van der Waals surface area contributed by atoms with Gasteiger partial charge in [0.15, 0.2) is 0 Å². The SMILES string of the molecule is Cc1cccc(OC[C@@H]2CO2)c1-c1cnn(C)c1. The van der Waals surface area contributed by atoms with Gasteiger partial charge in [0.25, 0.3) is 0 Å². The van der Waals surface area contributed by atoms with Gasteiger partial charge in [-0.15, -0.1) is 0 Å². The highest BCUT2D eigenvalue weighted by Crippen LogP contribution is 2.33. The summed E-state index contributed by atoms with van der Waals surface area (Å²) in [5.41, 5.74) is 3.39. The van der Waals surface area contributed by atoms with Gasteiger partial charge in [-0.1, -0.05) is 12.1 Å². The number of benzene rings is 1. The molecule has 1 aliphatic rings. The number of aromatic nitrogens is 2. The summed E-state index contributed by atoms with van der Waals surface area (Å²) in [5, 5.41) is 4.22. The third kappa shape index (κ3) is 2.24. The summed E-state index contributed by atoms with van der Waals surface area (Å²) in [4.78, 5) is 0. The molecule has 1 saturated heterocycles. The van der Waals surface area contributed by atoms with Crippen LogP contribution in [0, 0.1) is 6.92 Å². The second-order valence-electron chi connectivity index (χ2n) is 4.62. The molecule has 1 aromatic carbocycles. The van der Waals surface area contributed by atoms with Gasteiger partial charge in [0.05, 0.1) is 12.8 Å². The molecule has 18 heavy (non-hydrogen) atoms. The summed E-state index contributed by atoms with van der Waals surface area (Å²) in [6.45, 7) is 3.52. The van der Waals surface area contributed by atoms with Gasteiger partial charge in [0.1, 0.15) is 18.5 Å². The summed E-state index contributed by atoms with van der Waals surface area (Å²) in [6, 6.07) is 6.10. The largest absolute Gasteiger partial charge is 0.490 e. The predicted molar refractivity (Wildman–Crippen MR) is 68.6 cm³/mol. The van der Waals surface area contributed by atoms with E-state index in [1.165, 1.54) is 5.56 Å². The minimum atomic E-state index is 0.271. The molecule has 1 atom stereocenters. The highest BCUT2D eigenvalue weighted by molar-refractivity contribution is 5.72. The first-order valence-corrected chi connectivity index (χ1v) is 6.07. The van der Waals surface area contributed by atoms with Crippen LogP contribution in [0.5, 0.6) is 5.75 Å². The second kappa shape index (κ2) is 4.46.